The first-order chi connectivity index (χ1) is 6.68. The van der Waals surface area contributed by atoms with Crippen LogP contribution in [-0.4, -0.2) is 11.2 Å². The van der Waals surface area contributed by atoms with Crippen molar-refractivity contribution in [1.82, 2.24) is 0 Å². The smallest absolute Gasteiger partial charge is 0.108 e. The van der Waals surface area contributed by atoms with E-state index in [-0.39, 0.29) is 0 Å². The third-order valence-electron chi connectivity index (χ3n) is 2.20. The third kappa shape index (κ3) is 1.79. The van der Waals surface area contributed by atoms with Gasteiger partial charge in [-0.15, -0.1) is 0 Å². The molecule has 74 valence electrons. The fourth-order valence-corrected chi connectivity index (χ4v) is 1.97. The summed E-state index contributed by atoms with van der Waals surface area (Å²) in [6.45, 7) is 3.01. The molecule has 14 heavy (non-hydrogen) atoms. The van der Waals surface area contributed by atoms with Crippen LogP contribution in [0, 0.1) is 5.92 Å². The van der Waals surface area contributed by atoms with Gasteiger partial charge in [0.1, 0.15) is 4.62 Å². The molecule has 0 N–H and O–H groups in total. The van der Waals surface area contributed by atoms with Gasteiger partial charge in [-0.3, -0.25) is 5.01 Å². The second-order valence-electron chi connectivity index (χ2n) is 3.36. The molecule has 1 aromatic rings. The van der Waals surface area contributed by atoms with E-state index in [1.807, 2.05) is 29.3 Å². The first-order valence-corrected chi connectivity index (χ1v) is 5.61. The van der Waals surface area contributed by atoms with E-state index in [0.29, 0.717) is 5.92 Å². The van der Waals surface area contributed by atoms with Gasteiger partial charge in [-0.05, 0) is 28.1 Å². The molecule has 0 saturated carbocycles. The van der Waals surface area contributed by atoms with Crippen molar-refractivity contribution in [2.24, 2.45) is 11.0 Å². The number of anilines is 1. The van der Waals surface area contributed by atoms with Crippen LogP contribution in [0.1, 0.15) is 6.92 Å². The molecule has 1 aromatic carbocycles. The van der Waals surface area contributed by atoms with Crippen LogP contribution in [0.4, 0.5) is 5.69 Å². The molecular weight excluding hydrogens is 263 g/mol. The van der Waals surface area contributed by atoms with E-state index in [1.165, 1.54) is 0 Å². The number of benzene rings is 1. The Balaban J connectivity index is 2.30. The molecule has 1 atom stereocenters. The van der Waals surface area contributed by atoms with Crippen LogP contribution in [0.3, 0.4) is 0 Å². The summed E-state index contributed by atoms with van der Waals surface area (Å²) < 4.78 is 0.984. The first-order valence-electron chi connectivity index (χ1n) is 4.44. The zero-order valence-electron chi connectivity index (χ0n) is 7.74. The Labute approximate surface area is 96.7 Å². The Kier molecular flexibility index (Phi) is 2.79. The van der Waals surface area contributed by atoms with Gasteiger partial charge in [-0.2, -0.15) is 5.10 Å². The molecule has 0 saturated heterocycles. The predicted octanol–water partition coefficient (Wildman–Crippen LogP) is 3.50. The van der Waals surface area contributed by atoms with Crippen LogP contribution in [0.2, 0.25) is 5.02 Å². The van der Waals surface area contributed by atoms with Crippen molar-refractivity contribution in [2.45, 2.75) is 6.92 Å². The maximum absolute atomic E-state index is 6.07. The molecule has 0 bridgehead atoms. The molecule has 1 aliphatic rings. The van der Waals surface area contributed by atoms with Crippen LogP contribution in [0.5, 0.6) is 0 Å². The Morgan fingerprint density at radius 2 is 2.21 bits per heavy atom. The summed E-state index contributed by atoms with van der Waals surface area (Å²) >= 11 is 9.50. The van der Waals surface area contributed by atoms with Crippen molar-refractivity contribution in [3.8, 4) is 0 Å². The number of hydrogen-bond donors (Lipinski definition) is 0. The minimum atomic E-state index is 0.436. The standard InChI is InChI=1S/C10H10BrClN2/c1-7-6-14(13-10(7)11)9-5-3-2-4-8(9)12/h2-5,7H,6H2,1H3. The lowest BCUT2D eigenvalue weighted by molar-refractivity contribution is 0.780. The highest BCUT2D eigenvalue weighted by atomic mass is 79.9. The highest BCUT2D eigenvalue weighted by Crippen LogP contribution is 2.30. The number of hydrogen-bond acceptors (Lipinski definition) is 2. The molecule has 1 aliphatic heterocycles. The summed E-state index contributed by atoms with van der Waals surface area (Å²) in [6, 6.07) is 7.74. The van der Waals surface area contributed by atoms with E-state index in [9.17, 15) is 0 Å². The Bertz CT molecular complexity index is 378. The minimum Gasteiger partial charge on any atom is -0.263 e. The molecule has 2 nitrogen and oxygen atoms in total. The summed E-state index contributed by atoms with van der Waals surface area (Å²) in [7, 11) is 0. The average Bonchev–Trinajstić information content (AvgIpc) is 2.48. The second kappa shape index (κ2) is 3.91. The molecule has 1 heterocycles. The number of nitrogens with zero attached hydrogens (tertiary/aromatic N) is 2. The number of halogens is 2. The summed E-state index contributed by atoms with van der Waals surface area (Å²) in [5.41, 5.74) is 0.968. The first kappa shape index (κ1) is 9.99. The second-order valence-corrected chi connectivity index (χ2v) is 4.58. The molecule has 0 amide bonds. The quantitative estimate of drug-likeness (QED) is 0.764. The van der Waals surface area contributed by atoms with Gasteiger partial charge in [0.25, 0.3) is 0 Å². The lowest BCUT2D eigenvalue weighted by Gasteiger charge is -2.15. The molecule has 4 heteroatoms. The maximum atomic E-state index is 6.07. The highest BCUT2D eigenvalue weighted by molar-refractivity contribution is 9.18. The van der Waals surface area contributed by atoms with Crippen molar-refractivity contribution in [3.63, 3.8) is 0 Å². The van der Waals surface area contributed by atoms with Crippen LogP contribution < -0.4 is 5.01 Å². The maximum Gasteiger partial charge on any atom is 0.108 e. The van der Waals surface area contributed by atoms with Crippen LogP contribution in [-0.2, 0) is 0 Å². The van der Waals surface area contributed by atoms with Crippen molar-refractivity contribution >= 4 is 37.8 Å². The van der Waals surface area contributed by atoms with E-state index in [1.54, 1.807) is 0 Å². The molecule has 0 aliphatic carbocycles. The van der Waals surface area contributed by atoms with Crippen molar-refractivity contribution in [3.05, 3.63) is 29.3 Å². The van der Waals surface area contributed by atoms with Crippen molar-refractivity contribution in [2.75, 3.05) is 11.6 Å². The summed E-state index contributed by atoms with van der Waals surface area (Å²) in [6.07, 6.45) is 0. The highest BCUT2D eigenvalue weighted by Gasteiger charge is 2.22. The summed E-state index contributed by atoms with van der Waals surface area (Å²) in [5.74, 6) is 0.436. The molecule has 0 fully saturated rings. The SMILES string of the molecule is CC1CN(c2ccccc2Cl)N=C1Br. The van der Waals surface area contributed by atoms with E-state index in [0.717, 1.165) is 21.9 Å². The molecule has 2 rings (SSSR count). The normalized spacial score (nSPS) is 21.2. The van der Waals surface area contributed by atoms with E-state index >= 15 is 0 Å². The fourth-order valence-electron chi connectivity index (χ4n) is 1.40. The van der Waals surface area contributed by atoms with Crippen LogP contribution in [0.25, 0.3) is 0 Å². The summed E-state index contributed by atoms with van der Waals surface area (Å²) in [5, 5.41) is 7.05. The van der Waals surface area contributed by atoms with Gasteiger partial charge < -0.3 is 0 Å². The van der Waals surface area contributed by atoms with Gasteiger partial charge in [-0.1, -0.05) is 30.7 Å². The lowest BCUT2D eigenvalue weighted by atomic mass is 10.2. The van der Waals surface area contributed by atoms with Crippen LogP contribution >= 0.6 is 27.5 Å². The zero-order valence-corrected chi connectivity index (χ0v) is 10.1. The largest absolute Gasteiger partial charge is 0.263 e. The third-order valence-corrected chi connectivity index (χ3v) is 3.46. The average molecular weight is 274 g/mol. The molecule has 1 unspecified atom stereocenters. The summed E-state index contributed by atoms with van der Waals surface area (Å²) in [4.78, 5) is 0. The van der Waals surface area contributed by atoms with Crippen molar-refractivity contribution < 1.29 is 0 Å². The molecule has 0 radical (unpaired) electrons. The van der Waals surface area contributed by atoms with Gasteiger partial charge >= 0.3 is 0 Å². The van der Waals surface area contributed by atoms with Gasteiger partial charge in [-0.25, -0.2) is 0 Å². The topological polar surface area (TPSA) is 15.6 Å². The minimum absolute atomic E-state index is 0.436. The number of para-hydroxylation sites is 1. The van der Waals surface area contributed by atoms with Crippen molar-refractivity contribution in [1.29, 1.82) is 0 Å². The molecule has 0 spiro atoms. The molecule has 0 aromatic heterocycles. The Morgan fingerprint density at radius 1 is 1.50 bits per heavy atom. The monoisotopic (exact) mass is 272 g/mol. The van der Waals surface area contributed by atoms with Gasteiger partial charge in [0, 0.05) is 5.92 Å². The van der Waals surface area contributed by atoms with Gasteiger partial charge in [0.05, 0.1) is 17.3 Å². The fraction of sp³-hybridized carbons (Fsp3) is 0.300. The number of rotatable bonds is 1. The lowest BCUT2D eigenvalue weighted by Crippen LogP contribution is -2.16. The Hall–Kier alpha value is -0.540. The van der Waals surface area contributed by atoms with Gasteiger partial charge in [0.15, 0.2) is 0 Å². The van der Waals surface area contributed by atoms with Gasteiger partial charge in [0.2, 0.25) is 0 Å². The molecular formula is C10H10BrClN2. The van der Waals surface area contributed by atoms with E-state index in [2.05, 4.69) is 28.0 Å². The number of hydrazone groups is 1. The predicted molar refractivity (Wildman–Crippen MR) is 64.3 cm³/mol. The zero-order chi connectivity index (χ0) is 10.1. The van der Waals surface area contributed by atoms with E-state index in [4.69, 9.17) is 11.6 Å². The Morgan fingerprint density at radius 3 is 2.79 bits per heavy atom. The van der Waals surface area contributed by atoms with E-state index < -0.39 is 0 Å². The van der Waals surface area contributed by atoms with Crippen LogP contribution in [0.15, 0.2) is 29.4 Å².